The number of carbonyl (C=O) groups is 1. The highest BCUT2D eigenvalue weighted by Crippen LogP contribution is 2.41. The van der Waals surface area contributed by atoms with Crippen molar-refractivity contribution < 1.29 is 17.9 Å². The van der Waals surface area contributed by atoms with E-state index in [1.165, 1.54) is 6.07 Å². The Labute approximate surface area is 152 Å². The van der Waals surface area contributed by atoms with Crippen LogP contribution in [0.1, 0.15) is 18.1 Å². The van der Waals surface area contributed by atoms with Crippen molar-refractivity contribution in [3.63, 3.8) is 0 Å². The van der Waals surface area contributed by atoms with Crippen molar-refractivity contribution in [1.82, 2.24) is 4.31 Å². The fourth-order valence-electron chi connectivity index (χ4n) is 2.83. The number of rotatable bonds is 4. The molecule has 6 nitrogen and oxygen atoms in total. The van der Waals surface area contributed by atoms with Crippen LogP contribution in [-0.4, -0.2) is 25.3 Å². The van der Waals surface area contributed by atoms with Gasteiger partial charge in [0.1, 0.15) is 6.07 Å². The molecule has 0 unspecified atom stereocenters. The Morgan fingerprint density at radius 1 is 1.12 bits per heavy atom. The lowest BCUT2D eigenvalue weighted by Crippen LogP contribution is -2.25. The molecule has 1 heterocycles. The van der Waals surface area contributed by atoms with E-state index in [-0.39, 0.29) is 29.3 Å². The molecular weight excluding hydrogens is 352 g/mol. The predicted octanol–water partition coefficient (Wildman–Crippen LogP) is 2.69. The topological polar surface area (TPSA) is 87.5 Å². The van der Waals surface area contributed by atoms with Gasteiger partial charge >= 0.3 is 5.97 Å². The van der Waals surface area contributed by atoms with Gasteiger partial charge in [-0.25, -0.2) is 13.2 Å². The van der Waals surface area contributed by atoms with E-state index in [1.807, 2.05) is 12.1 Å². The van der Waals surface area contributed by atoms with Gasteiger partial charge in [-0.15, -0.1) is 0 Å². The van der Waals surface area contributed by atoms with Gasteiger partial charge in [-0.1, -0.05) is 48.5 Å². The maximum absolute atomic E-state index is 13.0. The number of fused-ring (bicyclic) bond motifs is 1. The second-order valence-corrected chi connectivity index (χ2v) is 7.38. The van der Waals surface area contributed by atoms with Crippen LogP contribution >= 0.6 is 0 Å². The van der Waals surface area contributed by atoms with Gasteiger partial charge < -0.3 is 4.74 Å². The van der Waals surface area contributed by atoms with Crippen molar-refractivity contribution >= 4 is 21.7 Å². The average Bonchev–Trinajstić information content (AvgIpc) is 2.86. The van der Waals surface area contributed by atoms with Crippen molar-refractivity contribution in [3.05, 3.63) is 71.3 Å². The molecule has 0 amide bonds. The van der Waals surface area contributed by atoms with E-state index >= 15 is 0 Å². The van der Waals surface area contributed by atoms with Gasteiger partial charge in [-0.2, -0.15) is 5.26 Å². The van der Waals surface area contributed by atoms with Gasteiger partial charge in [-0.05, 0) is 18.6 Å². The maximum atomic E-state index is 13.0. The summed E-state index contributed by atoms with van der Waals surface area (Å²) in [6.07, 6.45) is 0. The minimum atomic E-state index is -3.88. The molecule has 2 aromatic rings. The first-order valence-electron chi connectivity index (χ1n) is 7.98. The molecule has 0 spiro atoms. The first kappa shape index (κ1) is 17.7. The average molecular weight is 368 g/mol. The molecule has 0 atom stereocenters. The second kappa shape index (κ2) is 7.02. The standard InChI is InChI=1S/C19H16N2O4S/c1-2-25-19(22)16(12-20)18-15-10-6-7-11-17(15)26(23,24)21(18)13-14-8-4-3-5-9-14/h3-11H,2,13H2,1H3/b18-16-. The van der Waals surface area contributed by atoms with Crippen molar-refractivity contribution in [1.29, 1.82) is 5.26 Å². The van der Waals surface area contributed by atoms with Gasteiger partial charge in [0.05, 0.1) is 23.7 Å². The molecule has 1 aliphatic heterocycles. The SMILES string of the molecule is CCOC(=O)/C(C#N)=C1/c2ccccc2S(=O)(=O)N1Cc1ccccc1. The molecule has 0 radical (unpaired) electrons. The molecule has 26 heavy (non-hydrogen) atoms. The van der Waals surface area contributed by atoms with Crippen LogP contribution in [0.4, 0.5) is 0 Å². The van der Waals surface area contributed by atoms with E-state index < -0.39 is 16.0 Å². The molecule has 132 valence electrons. The number of nitrogens with zero attached hydrogens (tertiary/aromatic N) is 2. The Bertz CT molecular complexity index is 1020. The number of nitriles is 1. The molecule has 7 heteroatoms. The van der Waals surface area contributed by atoms with Crippen molar-refractivity contribution in [2.75, 3.05) is 6.61 Å². The quantitative estimate of drug-likeness (QED) is 0.470. The lowest BCUT2D eigenvalue weighted by atomic mass is 10.1. The summed E-state index contributed by atoms with van der Waals surface area (Å²) >= 11 is 0. The van der Waals surface area contributed by atoms with E-state index in [9.17, 15) is 18.5 Å². The van der Waals surface area contributed by atoms with E-state index in [0.29, 0.717) is 5.56 Å². The second-order valence-electron chi connectivity index (χ2n) is 5.55. The van der Waals surface area contributed by atoms with Gasteiger partial charge in [-0.3, -0.25) is 4.31 Å². The van der Waals surface area contributed by atoms with Gasteiger partial charge in [0.15, 0.2) is 5.57 Å². The van der Waals surface area contributed by atoms with Crippen LogP contribution in [-0.2, 0) is 26.1 Å². The highest BCUT2D eigenvalue weighted by molar-refractivity contribution is 7.90. The Kier molecular flexibility index (Phi) is 4.78. The van der Waals surface area contributed by atoms with Crippen LogP contribution in [0.25, 0.3) is 5.70 Å². The lowest BCUT2D eigenvalue weighted by molar-refractivity contribution is -0.137. The molecule has 0 aromatic heterocycles. The largest absolute Gasteiger partial charge is 0.462 e. The van der Waals surface area contributed by atoms with Crippen LogP contribution in [0.15, 0.2) is 65.1 Å². The van der Waals surface area contributed by atoms with Gasteiger partial charge in [0.25, 0.3) is 10.0 Å². The first-order chi connectivity index (χ1) is 12.5. The van der Waals surface area contributed by atoms with Crippen molar-refractivity contribution in [2.24, 2.45) is 0 Å². The molecule has 0 aliphatic carbocycles. The summed E-state index contributed by atoms with van der Waals surface area (Å²) in [6.45, 7) is 1.72. The fraction of sp³-hybridized carbons (Fsp3) is 0.158. The molecule has 3 rings (SSSR count). The number of benzene rings is 2. The third-order valence-corrected chi connectivity index (χ3v) is 5.76. The van der Waals surface area contributed by atoms with Gasteiger partial charge in [0, 0.05) is 5.56 Å². The van der Waals surface area contributed by atoms with Crippen LogP contribution < -0.4 is 0 Å². The molecule has 0 saturated heterocycles. The molecule has 1 aliphatic rings. The van der Waals surface area contributed by atoms with Crippen LogP contribution in [0, 0.1) is 11.3 Å². The maximum Gasteiger partial charge on any atom is 0.351 e. The fourth-order valence-corrected chi connectivity index (χ4v) is 4.51. The monoisotopic (exact) mass is 368 g/mol. The summed E-state index contributed by atoms with van der Waals surface area (Å²) in [5.41, 5.74) is 0.803. The molecule has 0 fully saturated rings. The summed E-state index contributed by atoms with van der Waals surface area (Å²) in [6, 6.07) is 17.1. The number of hydrogen-bond acceptors (Lipinski definition) is 5. The van der Waals surface area contributed by atoms with E-state index in [0.717, 1.165) is 9.87 Å². The zero-order valence-electron chi connectivity index (χ0n) is 14.0. The summed E-state index contributed by atoms with van der Waals surface area (Å²) in [7, 11) is -3.88. The van der Waals surface area contributed by atoms with Gasteiger partial charge in [0.2, 0.25) is 0 Å². The normalized spacial score (nSPS) is 16.5. The predicted molar refractivity (Wildman–Crippen MR) is 94.8 cm³/mol. The third kappa shape index (κ3) is 2.95. The summed E-state index contributed by atoms with van der Waals surface area (Å²) < 4.78 is 32.1. The Hall–Kier alpha value is -3.11. The zero-order chi connectivity index (χ0) is 18.7. The van der Waals surface area contributed by atoms with E-state index in [4.69, 9.17) is 4.74 Å². The molecule has 0 bridgehead atoms. The number of carbonyl (C=O) groups excluding carboxylic acids is 1. The van der Waals surface area contributed by atoms with Crippen LogP contribution in [0.2, 0.25) is 0 Å². The minimum absolute atomic E-state index is 0.0117. The van der Waals surface area contributed by atoms with E-state index in [1.54, 1.807) is 49.4 Å². The lowest BCUT2D eigenvalue weighted by Gasteiger charge is -2.20. The van der Waals surface area contributed by atoms with E-state index in [2.05, 4.69) is 0 Å². The number of hydrogen-bond donors (Lipinski definition) is 0. The number of esters is 1. The van der Waals surface area contributed by atoms with Crippen molar-refractivity contribution in [3.8, 4) is 6.07 Å². The first-order valence-corrected chi connectivity index (χ1v) is 9.42. The summed E-state index contributed by atoms with van der Waals surface area (Å²) in [5.74, 6) is -0.838. The third-order valence-electron chi connectivity index (χ3n) is 3.96. The van der Waals surface area contributed by atoms with Crippen LogP contribution in [0.5, 0.6) is 0 Å². The minimum Gasteiger partial charge on any atom is -0.462 e. The Balaban J connectivity index is 2.23. The zero-order valence-corrected chi connectivity index (χ0v) is 14.9. The Morgan fingerprint density at radius 3 is 2.42 bits per heavy atom. The van der Waals surface area contributed by atoms with Crippen molar-refractivity contribution in [2.45, 2.75) is 18.4 Å². The molecule has 0 N–H and O–H groups in total. The molecule has 0 saturated carbocycles. The smallest absolute Gasteiger partial charge is 0.351 e. The molecule has 2 aromatic carbocycles. The number of ether oxygens (including phenoxy) is 1. The van der Waals surface area contributed by atoms with Crippen LogP contribution in [0.3, 0.4) is 0 Å². The summed E-state index contributed by atoms with van der Waals surface area (Å²) in [5, 5.41) is 9.53. The number of sulfonamides is 1. The molecular formula is C19H16N2O4S. The summed E-state index contributed by atoms with van der Waals surface area (Å²) in [4.78, 5) is 12.3. The highest BCUT2D eigenvalue weighted by atomic mass is 32.2. The Morgan fingerprint density at radius 2 is 1.77 bits per heavy atom. The highest BCUT2D eigenvalue weighted by Gasteiger charge is 2.41.